The molecule has 2 heterocycles. The molecule has 2 nitrogen and oxygen atoms in total. The van der Waals surface area contributed by atoms with Gasteiger partial charge in [-0.1, -0.05) is 111 Å². The van der Waals surface area contributed by atoms with Crippen LogP contribution in [0.5, 0.6) is 0 Å². The quantitative estimate of drug-likeness (QED) is 0.200. The third-order valence-electron chi connectivity index (χ3n) is 9.23. The highest BCUT2D eigenvalue weighted by atomic mass is 14.8. The number of aromatic nitrogens is 2. The predicted molar refractivity (Wildman–Crippen MR) is 173 cm³/mol. The van der Waals surface area contributed by atoms with Gasteiger partial charge in [0.15, 0.2) is 0 Å². The zero-order valence-electron chi connectivity index (χ0n) is 22.9. The highest BCUT2D eigenvalue weighted by Gasteiger charge is 2.40. The van der Waals surface area contributed by atoms with Crippen LogP contribution in [0.3, 0.4) is 0 Å². The van der Waals surface area contributed by atoms with Gasteiger partial charge in [0, 0.05) is 27.9 Å². The second-order valence-corrected chi connectivity index (χ2v) is 11.8. The van der Waals surface area contributed by atoms with Gasteiger partial charge in [-0.05, 0) is 72.8 Å². The first-order valence-corrected chi connectivity index (χ1v) is 14.3. The summed E-state index contributed by atoms with van der Waals surface area (Å²) >= 11 is 0. The van der Waals surface area contributed by atoms with Crippen LogP contribution >= 0.6 is 0 Å². The predicted octanol–water partition coefficient (Wildman–Crippen LogP) is 10.2. The molecule has 1 aliphatic rings. The number of hydrogen-bond donors (Lipinski definition) is 0. The smallest absolute Gasteiger partial charge is 0.0972 e. The van der Waals surface area contributed by atoms with E-state index in [9.17, 15) is 0 Å². The molecule has 0 spiro atoms. The van der Waals surface area contributed by atoms with Crippen LogP contribution in [0.25, 0.3) is 76.5 Å². The summed E-state index contributed by atoms with van der Waals surface area (Å²) in [5.41, 5.74) is 9.39. The van der Waals surface area contributed by atoms with Crippen molar-refractivity contribution in [1.82, 2.24) is 9.97 Å². The topological polar surface area (TPSA) is 25.8 Å². The van der Waals surface area contributed by atoms with Crippen molar-refractivity contribution < 1.29 is 0 Å². The molecular formula is C39H26N2. The molecule has 2 aromatic heterocycles. The van der Waals surface area contributed by atoms with E-state index in [2.05, 4.69) is 123 Å². The summed E-state index contributed by atoms with van der Waals surface area (Å²) in [4.78, 5) is 9.99. The minimum Gasteiger partial charge on any atom is -0.254 e. The molecule has 2 heteroatoms. The van der Waals surface area contributed by atoms with E-state index in [1.807, 2.05) is 12.3 Å². The maximum Gasteiger partial charge on any atom is 0.0972 e. The van der Waals surface area contributed by atoms with Gasteiger partial charge in [-0.2, -0.15) is 0 Å². The van der Waals surface area contributed by atoms with Crippen molar-refractivity contribution in [2.75, 3.05) is 0 Å². The molecule has 0 N–H and O–H groups in total. The van der Waals surface area contributed by atoms with E-state index in [4.69, 9.17) is 9.97 Å². The first-order chi connectivity index (χ1) is 20.1. The van der Waals surface area contributed by atoms with Crippen LogP contribution in [0.1, 0.15) is 25.0 Å². The summed E-state index contributed by atoms with van der Waals surface area (Å²) in [5.74, 6) is 0. The van der Waals surface area contributed by atoms with E-state index in [1.54, 1.807) is 0 Å². The van der Waals surface area contributed by atoms with E-state index in [-0.39, 0.29) is 5.41 Å². The van der Waals surface area contributed by atoms with E-state index >= 15 is 0 Å². The van der Waals surface area contributed by atoms with Gasteiger partial charge in [0.1, 0.15) is 0 Å². The number of rotatable bonds is 1. The van der Waals surface area contributed by atoms with E-state index in [1.165, 1.54) is 60.1 Å². The molecular weight excluding hydrogens is 496 g/mol. The normalized spacial score (nSPS) is 13.8. The minimum atomic E-state index is -0.182. The fourth-order valence-electron chi connectivity index (χ4n) is 7.41. The number of fused-ring (bicyclic) bond motifs is 13. The summed E-state index contributed by atoms with van der Waals surface area (Å²) in [6, 6.07) is 41.9. The Kier molecular flexibility index (Phi) is 4.42. The van der Waals surface area contributed by atoms with Crippen molar-refractivity contribution in [3.63, 3.8) is 0 Å². The molecule has 0 unspecified atom stereocenters. The van der Waals surface area contributed by atoms with Gasteiger partial charge in [0.2, 0.25) is 0 Å². The van der Waals surface area contributed by atoms with Crippen molar-refractivity contribution in [2.45, 2.75) is 19.3 Å². The van der Waals surface area contributed by atoms with Crippen LogP contribution in [-0.2, 0) is 5.41 Å². The minimum absolute atomic E-state index is 0.182. The van der Waals surface area contributed by atoms with Gasteiger partial charge < -0.3 is 0 Å². The lowest BCUT2D eigenvalue weighted by molar-refractivity contribution is 0.667. The summed E-state index contributed by atoms with van der Waals surface area (Å²) in [7, 11) is 0. The summed E-state index contributed by atoms with van der Waals surface area (Å²) < 4.78 is 0. The molecule has 8 aromatic rings. The fourth-order valence-corrected chi connectivity index (χ4v) is 7.41. The standard InChI is InChI=1S/C39H26N2/c1-39(2)32-22-31(33-20-19-24-18-17-23-10-9-21-40-37(23)38(24)41-33)27-13-4-6-14-28(27)34(32)35-29-15-7-3-11-25(29)26-12-5-8-16-30(26)36(35)39/h3-22H,1-2H3. The summed E-state index contributed by atoms with van der Waals surface area (Å²) in [6.07, 6.45) is 1.86. The van der Waals surface area contributed by atoms with Crippen LogP contribution in [0.4, 0.5) is 0 Å². The average Bonchev–Trinajstić information content (AvgIpc) is 3.27. The monoisotopic (exact) mass is 522 g/mol. The Morgan fingerprint density at radius 1 is 0.512 bits per heavy atom. The van der Waals surface area contributed by atoms with Gasteiger partial charge in [-0.25, -0.2) is 4.98 Å². The zero-order chi connectivity index (χ0) is 27.3. The number of nitrogens with zero attached hydrogens (tertiary/aromatic N) is 2. The van der Waals surface area contributed by atoms with Gasteiger partial charge in [-0.15, -0.1) is 0 Å². The molecule has 0 atom stereocenters. The van der Waals surface area contributed by atoms with E-state index in [0.717, 1.165) is 27.5 Å². The third kappa shape index (κ3) is 2.97. The molecule has 0 amide bonds. The van der Waals surface area contributed by atoms with Crippen molar-refractivity contribution in [1.29, 1.82) is 0 Å². The number of hydrogen-bond acceptors (Lipinski definition) is 2. The molecule has 41 heavy (non-hydrogen) atoms. The first-order valence-electron chi connectivity index (χ1n) is 14.3. The van der Waals surface area contributed by atoms with Gasteiger partial charge in [0.05, 0.1) is 16.7 Å². The Bertz CT molecular complexity index is 2400. The van der Waals surface area contributed by atoms with E-state index < -0.39 is 0 Å². The van der Waals surface area contributed by atoms with Crippen molar-refractivity contribution in [2.24, 2.45) is 0 Å². The van der Waals surface area contributed by atoms with Crippen LogP contribution in [0.15, 0.2) is 121 Å². The van der Waals surface area contributed by atoms with Crippen LogP contribution in [0.2, 0.25) is 0 Å². The molecule has 192 valence electrons. The first kappa shape index (κ1) is 22.7. The Labute approximate surface area is 237 Å². The molecule has 0 bridgehead atoms. The summed E-state index contributed by atoms with van der Waals surface area (Å²) in [6.45, 7) is 4.78. The Balaban J connectivity index is 1.42. The molecule has 0 aliphatic heterocycles. The lowest BCUT2D eigenvalue weighted by Gasteiger charge is -2.24. The Morgan fingerprint density at radius 2 is 1.10 bits per heavy atom. The van der Waals surface area contributed by atoms with E-state index in [0.29, 0.717) is 0 Å². The van der Waals surface area contributed by atoms with Crippen LogP contribution < -0.4 is 0 Å². The maximum absolute atomic E-state index is 5.28. The second kappa shape index (κ2) is 7.99. The van der Waals surface area contributed by atoms with Gasteiger partial charge in [0.25, 0.3) is 0 Å². The zero-order valence-corrected chi connectivity index (χ0v) is 22.9. The van der Waals surface area contributed by atoms with Crippen LogP contribution in [0, 0.1) is 0 Å². The Morgan fingerprint density at radius 3 is 1.85 bits per heavy atom. The SMILES string of the molecule is CC1(C)c2cc(-c3ccc4ccc5cccnc5c4n3)c3ccccc3c2-c2c1c1ccccc1c1ccccc21. The highest BCUT2D eigenvalue weighted by Crippen LogP contribution is 2.57. The van der Waals surface area contributed by atoms with Crippen molar-refractivity contribution in [3.8, 4) is 22.4 Å². The lowest BCUT2D eigenvalue weighted by Crippen LogP contribution is -2.16. The fraction of sp³-hybridized carbons (Fsp3) is 0.0769. The molecule has 6 aromatic carbocycles. The highest BCUT2D eigenvalue weighted by molar-refractivity contribution is 6.22. The second-order valence-electron chi connectivity index (χ2n) is 11.8. The number of benzene rings is 6. The molecule has 1 aliphatic carbocycles. The molecule has 0 radical (unpaired) electrons. The lowest BCUT2D eigenvalue weighted by atomic mass is 9.78. The van der Waals surface area contributed by atoms with Gasteiger partial charge >= 0.3 is 0 Å². The van der Waals surface area contributed by atoms with Crippen LogP contribution in [-0.4, -0.2) is 9.97 Å². The largest absolute Gasteiger partial charge is 0.254 e. The van der Waals surface area contributed by atoms with Gasteiger partial charge in [-0.3, -0.25) is 4.98 Å². The van der Waals surface area contributed by atoms with Crippen molar-refractivity contribution >= 4 is 54.1 Å². The molecule has 0 saturated carbocycles. The molecule has 0 fully saturated rings. The molecule has 0 saturated heterocycles. The summed E-state index contributed by atoms with van der Waals surface area (Å²) in [5, 5.41) is 10.0. The number of pyridine rings is 2. The van der Waals surface area contributed by atoms with Crippen molar-refractivity contribution in [3.05, 3.63) is 133 Å². The Hall–Kier alpha value is -5.08. The molecule has 9 rings (SSSR count). The maximum atomic E-state index is 5.28. The average molecular weight is 523 g/mol. The third-order valence-corrected chi connectivity index (χ3v) is 9.23.